The van der Waals surface area contributed by atoms with Crippen LogP contribution in [0.4, 0.5) is 0 Å². The first-order valence-corrected chi connectivity index (χ1v) is 6.60. The van der Waals surface area contributed by atoms with Gasteiger partial charge >= 0.3 is 0 Å². The van der Waals surface area contributed by atoms with Gasteiger partial charge in [-0.25, -0.2) is 0 Å². The first-order chi connectivity index (χ1) is 7.58. The number of nitrogens with two attached hydrogens (primary N) is 1. The molecule has 0 aromatic heterocycles. The van der Waals surface area contributed by atoms with Crippen molar-refractivity contribution in [1.82, 2.24) is 0 Å². The van der Waals surface area contributed by atoms with Crippen molar-refractivity contribution >= 4 is 0 Å². The van der Waals surface area contributed by atoms with Gasteiger partial charge in [0.05, 0.1) is 18.3 Å². The molecule has 0 aromatic carbocycles. The van der Waals surface area contributed by atoms with Crippen molar-refractivity contribution < 1.29 is 9.47 Å². The molecule has 0 saturated carbocycles. The standard InChI is InChI=1S/C13H27NO2/c1-10(14)6-4-5-7-15-13-8-11(2)16-12(3)9-13/h10-13H,4-9,14H2,1-3H3. The van der Waals surface area contributed by atoms with E-state index in [1.807, 2.05) is 0 Å². The summed E-state index contributed by atoms with van der Waals surface area (Å²) in [6.07, 6.45) is 6.57. The lowest BCUT2D eigenvalue weighted by molar-refractivity contribution is -0.102. The van der Waals surface area contributed by atoms with E-state index in [1.165, 1.54) is 6.42 Å². The normalized spacial score (nSPS) is 32.6. The maximum Gasteiger partial charge on any atom is 0.0624 e. The Bertz CT molecular complexity index is 175. The third-order valence-corrected chi connectivity index (χ3v) is 3.06. The fourth-order valence-corrected chi connectivity index (χ4v) is 2.30. The molecule has 0 amide bonds. The summed E-state index contributed by atoms with van der Waals surface area (Å²) in [6, 6.07) is 0.322. The molecule has 0 radical (unpaired) electrons. The van der Waals surface area contributed by atoms with E-state index in [2.05, 4.69) is 20.8 Å². The Labute approximate surface area is 99.7 Å². The Kier molecular flexibility index (Phi) is 6.32. The summed E-state index contributed by atoms with van der Waals surface area (Å²) >= 11 is 0. The molecule has 0 bridgehead atoms. The van der Waals surface area contributed by atoms with Gasteiger partial charge in [0.2, 0.25) is 0 Å². The fraction of sp³-hybridized carbons (Fsp3) is 1.00. The number of unbranched alkanes of at least 4 members (excludes halogenated alkanes) is 1. The Hall–Kier alpha value is -0.120. The lowest BCUT2D eigenvalue weighted by Gasteiger charge is -2.32. The predicted octanol–water partition coefficient (Wildman–Crippen LogP) is 2.48. The molecule has 1 saturated heterocycles. The smallest absolute Gasteiger partial charge is 0.0624 e. The van der Waals surface area contributed by atoms with Crippen molar-refractivity contribution in [3.8, 4) is 0 Å². The van der Waals surface area contributed by atoms with E-state index >= 15 is 0 Å². The third kappa shape index (κ3) is 5.83. The molecule has 0 aromatic rings. The van der Waals surface area contributed by atoms with Gasteiger partial charge in [0.1, 0.15) is 0 Å². The number of hydrogen-bond acceptors (Lipinski definition) is 3. The van der Waals surface area contributed by atoms with Gasteiger partial charge in [-0.05, 0) is 52.9 Å². The highest BCUT2D eigenvalue weighted by Gasteiger charge is 2.24. The quantitative estimate of drug-likeness (QED) is 0.712. The molecule has 3 atom stereocenters. The van der Waals surface area contributed by atoms with Crippen LogP contribution in [-0.4, -0.2) is 31.0 Å². The van der Waals surface area contributed by atoms with Gasteiger partial charge < -0.3 is 15.2 Å². The van der Waals surface area contributed by atoms with Crippen molar-refractivity contribution in [3.05, 3.63) is 0 Å². The predicted molar refractivity (Wildman–Crippen MR) is 66.5 cm³/mol. The van der Waals surface area contributed by atoms with Crippen molar-refractivity contribution in [2.75, 3.05) is 6.61 Å². The lowest BCUT2D eigenvalue weighted by atomic mass is 10.0. The van der Waals surface area contributed by atoms with Gasteiger partial charge in [-0.1, -0.05) is 0 Å². The SMILES string of the molecule is CC(N)CCCCOC1CC(C)OC(C)C1. The van der Waals surface area contributed by atoms with Crippen LogP contribution >= 0.6 is 0 Å². The largest absolute Gasteiger partial charge is 0.378 e. The van der Waals surface area contributed by atoms with Crippen LogP contribution in [0.3, 0.4) is 0 Å². The van der Waals surface area contributed by atoms with Crippen molar-refractivity contribution in [2.45, 2.75) is 77.2 Å². The second kappa shape index (κ2) is 7.25. The first-order valence-electron chi connectivity index (χ1n) is 6.60. The van der Waals surface area contributed by atoms with Crippen LogP contribution in [0.15, 0.2) is 0 Å². The minimum absolute atomic E-state index is 0.322. The Morgan fingerprint density at radius 3 is 2.44 bits per heavy atom. The van der Waals surface area contributed by atoms with Gasteiger partial charge in [0.25, 0.3) is 0 Å². The second-order valence-electron chi connectivity index (χ2n) is 5.19. The summed E-state index contributed by atoms with van der Waals surface area (Å²) in [6.45, 7) is 7.18. The van der Waals surface area contributed by atoms with E-state index in [4.69, 9.17) is 15.2 Å². The van der Waals surface area contributed by atoms with E-state index < -0.39 is 0 Å². The number of ether oxygens (including phenoxy) is 2. The Morgan fingerprint density at radius 2 is 1.88 bits per heavy atom. The molecule has 0 spiro atoms. The Morgan fingerprint density at radius 1 is 1.25 bits per heavy atom. The highest BCUT2D eigenvalue weighted by molar-refractivity contribution is 4.73. The highest BCUT2D eigenvalue weighted by Crippen LogP contribution is 2.21. The minimum atomic E-state index is 0.322. The van der Waals surface area contributed by atoms with E-state index in [0.29, 0.717) is 24.4 Å². The summed E-state index contributed by atoms with van der Waals surface area (Å²) in [4.78, 5) is 0. The van der Waals surface area contributed by atoms with Gasteiger partial charge in [0, 0.05) is 12.6 Å². The van der Waals surface area contributed by atoms with Crippen molar-refractivity contribution in [2.24, 2.45) is 5.73 Å². The first kappa shape index (κ1) is 13.9. The molecule has 1 aliphatic rings. The molecule has 1 rings (SSSR count). The fourth-order valence-electron chi connectivity index (χ4n) is 2.30. The molecule has 3 unspecified atom stereocenters. The van der Waals surface area contributed by atoms with Crippen LogP contribution < -0.4 is 5.73 Å². The molecule has 16 heavy (non-hydrogen) atoms. The molecule has 3 nitrogen and oxygen atoms in total. The van der Waals surface area contributed by atoms with Crippen LogP contribution in [0, 0.1) is 0 Å². The topological polar surface area (TPSA) is 44.5 Å². The zero-order valence-corrected chi connectivity index (χ0v) is 10.9. The maximum atomic E-state index is 5.88. The molecule has 96 valence electrons. The average molecular weight is 229 g/mol. The molecule has 1 heterocycles. The number of hydrogen-bond donors (Lipinski definition) is 1. The van der Waals surface area contributed by atoms with Gasteiger partial charge in [-0.3, -0.25) is 0 Å². The molecule has 2 N–H and O–H groups in total. The van der Waals surface area contributed by atoms with E-state index in [-0.39, 0.29) is 0 Å². The highest BCUT2D eigenvalue weighted by atomic mass is 16.5. The van der Waals surface area contributed by atoms with Crippen molar-refractivity contribution in [3.63, 3.8) is 0 Å². The summed E-state index contributed by atoms with van der Waals surface area (Å²) < 4.78 is 11.6. The van der Waals surface area contributed by atoms with Crippen molar-refractivity contribution in [1.29, 1.82) is 0 Å². The Balaban J connectivity index is 2.04. The molecule has 0 aliphatic carbocycles. The molecule has 3 heteroatoms. The van der Waals surface area contributed by atoms with Crippen LogP contribution in [0.1, 0.15) is 52.9 Å². The minimum Gasteiger partial charge on any atom is -0.378 e. The van der Waals surface area contributed by atoms with Crippen LogP contribution in [0.5, 0.6) is 0 Å². The number of rotatable bonds is 6. The van der Waals surface area contributed by atoms with Crippen LogP contribution in [0.25, 0.3) is 0 Å². The van der Waals surface area contributed by atoms with Crippen LogP contribution in [-0.2, 0) is 9.47 Å². The second-order valence-corrected chi connectivity index (χ2v) is 5.19. The van der Waals surface area contributed by atoms with Gasteiger partial charge in [-0.2, -0.15) is 0 Å². The third-order valence-electron chi connectivity index (χ3n) is 3.06. The average Bonchev–Trinajstić information content (AvgIpc) is 2.15. The lowest BCUT2D eigenvalue weighted by Crippen LogP contribution is -2.34. The summed E-state index contributed by atoms with van der Waals surface area (Å²) in [5, 5.41) is 0. The molecule has 1 fully saturated rings. The van der Waals surface area contributed by atoms with E-state index in [0.717, 1.165) is 32.3 Å². The zero-order chi connectivity index (χ0) is 12.0. The summed E-state index contributed by atoms with van der Waals surface area (Å²) in [5.74, 6) is 0. The molecular formula is C13H27NO2. The van der Waals surface area contributed by atoms with Crippen LogP contribution in [0.2, 0.25) is 0 Å². The van der Waals surface area contributed by atoms with Gasteiger partial charge in [0.15, 0.2) is 0 Å². The van der Waals surface area contributed by atoms with E-state index in [1.54, 1.807) is 0 Å². The summed E-state index contributed by atoms with van der Waals surface area (Å²) in [5.41, 5.74) is 5.70. The summed E-state index contributed by atoms with van der Waals surface area (Å²) in [7, 11) is 0. The molecule has 1 aliphatic heterocycles. The monoisotopic (exact) mass is 229 g/mol. The van der Waals surface area contributed by atoms with E-state index in [9.17, 15) is 0 Å². The molecular weight excluding hydrogens is 202 g/mol. The zero-order valence-electron chi connectivity index (χ0n) is 10.9. The van der Waals surface area contributed by atoms with Gasteiger partial charge in [-0.15, -0.1) is 0 Å². The maximum absolute atomic E-state index is 5.88.